The number of nitrogens with zero attached hydrogens (tertiary/aromatic N) is 3. The third-order valence-electron chi connectivity index (χ3n) is 7.17. The highest BCUT2D eigenvalue weighted by Crippen LogP contribution is 2.43. The fourth-order valence-electron chi connectivity index (χ4n) is 5.04. The van der Waals surface area contributed by atoms with Gasteiger partial charge in [-0.1, -0.05) is 25.1 Å². The number of hydrogen-bond donors (Lipinski definition) is 1. The Kier molecular flexibility index (Phi) is 6.36. The molecule has 0 aromatic heterocycles. The predicted octanol–water partition coefficient (Wildman–Crippen LogP) is 4.51. The van der Waals surface area contributed by atoms with E-state index in [2.05, 4.69) is 10.2 Å². The summed E-state index contributed by atoms with van der Waals surface area (Å²) >= 11 is 0. The Bertz CT molecular complexity index is 1200. The number of rotatable bonds is 5. The maximum atomic E-state index is 13.8. The van der Waals surface area contributed by atoms with E-state index in [0.717, 1.165) is 48.5 Å². The van der Waals surface area contributed by atoms with Crippen LogP contribution in [0.3, 0.4) is 0 Å². The van der Waals surface area contributed by atoms with Gasteiger partial charge in [0.15, 0.2) is 0 Å². The Labute approximate surface area is 202 Å². The monoisotopic (exact) mass is 484 g/mol. The molecule has 0 bridgehead atoms. The molecule has 6 nitrogen and oxygen atoms in total. The smallest absolute Gasteiger partial charge is 0.325 e. The molecule has 35 heavy (non-hydrogen) atoms. The fraction of sp³-hybridized carbons (Fsp3) is 0.423. The number of halogens is 3. The van der Waals surface area contributed by atoms with Crippen molar-refractivity contribution in [1.82, 2.24) is 4.90 Å². The normalized spacial score (nSPS) is 22.6. The molecule has 2 fully saturated rings. The second kappa shape index (κ2) is 9.00. The minimum Gasteiger partial charge on any atom is -0.325 e. The highest BCUT2D eigenvalue weighted by atomic mass is 19.4. The van der Waals surface area contributed by atoms with Crippen molar-refractivity contribution in [2.75, 3.05) is 36.4 Å². The van der Waals surface area contributed by atoms with Gasteiger partial charge in [-0.25, -0.2) is 0 Å². The van der Waals surface area contributed by atoms with E-state index in [4.69, 9.17) is 0 Å². The van der Waals surface area contributed by atoms with E-state index in [1.807, 2.05) is 32.0 Å². The van der Waals surface area contributed by atoms with Gasteiger partial charge in [-0.2, -0.15) is 18.4 Å². The lowest BCUT2D eigenvalue weighted by Gasteiger charge is -2.40. The maximum absolute atomic E-state index is 13.8. The Morgan fingerprint density at radius 3 is 2.40 bits per heavy atom. The van der Waals surface area contributed by atoms with E-state index in [1.54, 1.807) is 17.9 Å². The summed E-state index contributed by atoms with van der Waals surface area (Å²) in [6.45, 7) is 7.54. The van der Waals surface area contributed by atoms with Gasteiger partial charge in [0.1, 0.15) is 0 Å². The van der Waals surface area contributed by atoms with Gasteiger partial charge in [-0.15, -0.1) is 0 Å². The lowest BCUT2D eigenvalue weighted by molar-refractivity contribution is -0.137. The van der Waals surface area contributed by atoms with Crippen molar-refractivity contribution < 1.29 is 22.8 Å². The molecule has 4 rings (SSSR count). The van der Waals surface area contributed by atoms with Crippen LogP contribution in [0.15, 0.2) is 36.4 Å². The molecule has 0 spiro atoms. The number of aryl methyl sites for hydroxylation is 2. The van der Waals surface area contributed by atoms with Gasteiger partial charge in [0, 0.05) is 24.5 Å². The molecule has 2 aliphatic heterocycles. The topological polar surface area (TPSA) is 76.4 Å². The van der Waals surface area contributed by atoms with E-state index in [0.29, 0.717) is 6.54 Å². The molecule has 2 aromatic rings. The van der Waals surface area contributed by atoms with Gasteiger partial charge in [0.25, 0.3) is 0 Å². The van der Waals surface area contributed by atoms with Crippen molar-refractivity contribution in [3.05, 3.63) is 58.7 Å². The molecular weight excluding hydrogens is 457 g/mol. The molecule has 2 aliphatic rings. The van der Waals surface area contributed by atoms with Crippen LogP contribution < -0.4 is 10.2 Å². The SMILES string of the molecule is Cc1cccc(C)c1N1C[C@@](CN2CCC2)(C(=O)Nc2cc(C#N)cc(C(F)(F)F)c2)[C@H](C)C1=O. The first-order valence-electron chi connectivity index (χ1n) is 11.5. The molecule has 2 amide bonds. The summed E-state index contributed by atoms with van der Waals surface area (Å²) in [6.07, 6.45) is -3.68. The summed E-state index contributed by atoms with van der Waals surface area (Å²) in [5.74, 6) is -1.41. The first-order valence-corrected chi connectivity index (χ1v) is 11.5. The largest absolute Gasteiger partial charge is 0.416 e. The minimum absolute atomic E-state index is 0.116. The molecule has 0 saturated carbocycles. The van der Waals surface area contributed by atoms with Crippen LogP contribution in [0.2, 0.25) is 0 Å². The molecule has 2 saturated heterocycles. The summed E-state index contributed by atoms with van der Waals surface area (Å²) in [5, 5.41) is 11.8. The average Bonchev–Trinajstić information content (AvgIpc) is 3.01. The maximum Gasteiger partial charge on any atom is 0.416 e. The number of nitriles is 1. The van der Waals surface area contributed by atoms with Gasteiger partial charge in [0.2, 0.25) is 11.8 Å². The van der Waals surface area contributed by atoms with Crippen molar-refractivity contribution in [2.45, 2.75) is 33.4 Å². The van der Waals surface area contributed by atoms with Crippen molar-refractivity contribution in [1.29, 1.82) is 5.26 Å². The number of nitrogens with one attached hydrogen (secondary N) is 1. The molecule has 0 unspecified atom stereocenters. The summed E-state index contributed by atoms with van der Waals surface area (Å²) in [4.78, 5) is 31.0. The van der Waals surface area contributed by atoms with Crippen LogP contribution in [0.1, 0.15) is 35.6 Å². The Morgan fingerprint density at radius 2 is 1.86 bits per heavy atom. The summed E-state index contributed by atoms with van der Waals surface area (Å²) in [5.41, 5.74) is 0.0521. The average molecular weight is 485 g/mol. The highest BCUT2D eigenvalue weighted by Gasteiger charge is 2.56. The van der Waals surface area contributed by atoms with Crippen molar-refractivity contribution in [2.24, 2.45) is 11.3 Å². The Balaban J connectivity index is 1.73. The zero-order chi connectivity index (χ0) is 25.5. The summed E-state index contributed by atoms with van der Waals surface area (Å²) < 4.78 is 40.1. The van der Waals surface area contributed by atoms with Crippen LogP contribution >= 0.6 is 0 Å². The number of carbonyl (C=O) groups excluding carboxylic acids is 2. The van der Waals surface area contributed by atoms with Crippen LogP contribution in [0.25, 0.3) is 0 Å². The molecule has 184 valence electrons. The molecule has 2 atom stereocenters. The number of likely N-dealkylation sites (tertiary alicyclic amines) is 1. The lowest BCUT2D eigenvalue weighted by Crippen LogP contribution is -2.53. The molecule has 0 aliphatic carbocycles. The number of para-hydroxylation sites is 1. The second-order valence-electron chi connectivity index (χ2n) is 9.54. The first-order chi connectivity index (χ1) is 16.5. The third kappa shape index (κ3) is 4.50. The van der Waals surface area contributed by atoms with Crippen LogP contribution in [-0.4, -0.2) is 42.9 Å². The highest BCUT2D eigenvalue weighted by molar-refractivity contribution is 6.08. The molecule has 0 radical (unpaired) electrons. The molecule has 9 heteroatoms. The number of anilines is 2. The summed E-state index contributed by atoms with van der Waals surface area (Å²) in [6, 6.07) is 10.2. The Morgan fingerprint density at radius 1 is 1.20 bits per heavy atom. The van der Waals surface area contributed by atoms with E-state index in [9.17, 15) is 28.0 Å². The fourth-order valence-corrected chi connectivity index (χ4v) is 5.04. The summed E-state index contributed by atoms with van der Waals surface area (Å²) in [7, 11) is 0. The van der Waals surface area contributed by atoms with Gasteiger partial charge < -0.3 is 15.1 Å². The second-order valence-corrected chi connectivity index (χ2v) is 9.54. The quantitative estimate of drug-likeness (QED) is 0.678. The Hall–Kier alpha value is -3.38. The third-order valence-corrected chi connectivity index (χ3v) is 7.17. The van der Waals surface area contributed by atoms with Crippen LogP contribution in [0.4, 0.5) is 24.5 Å². The van der Waals surface area contributed by atoms with E-state index in [-0.39, 0.29) is 23.7 Å². The molecule has 1 N–H and O–H groups in total. The van der Waals surface area contributed by atoms with Crippen molar-refractivity contribution in [3.8, 4) is 6.07 Å². The van der Waals surface area contributed by atoms with Gasteiger partial charge in [-0.05, 0) is 62.7 Å². The number of benzene rings is 2. The first kappa shape index (κ1) is 24.7. The molecular formula is C26H27F3N4O2. The van der Waals surface area contributed by atoms with Crippen molar-refractivity contribution >= 4 is 23.2 Å². The van der Waals surface area contributed by atoms with Crippen LogP contribution in [0, 0.1) is 36.5 Å². The predicted molar refractivity (Wildman–Crippen MR) is 126 cm³/mol. The van der Waals surface area contributed by atoms with Crippen LogP contribution in [-0.2, 0) is 15.8 Å². The van der Waals surface area contributed by atoms with Crippen LogP contribution in [0.5, 0.6) is 0 Å². The standard InChI is InChI=1S/C26H27F3N4O2/c1-16-6-4-7-17(2)22(16)33-15-25(18(3)23(33)34,14-32-8-5-9-32)24(35)31-21-11-19(13-30)10-20(12-21)26(27,28)29/h4,6-7,10-12,18H,5,8-9,14-15H2,1-3H3,(H,31,35)/t18-,25-/m1/s1. The zero-order valence-corrected chi connectivity index (χ0v) is 19.9. The minimum atomic E-state index is -4.67. The number of carbonyl (C=O) groups is 2. The van der Waals surface area contributed by atoms with Gasteiger partial charge in [0.05, 0.1) is 28.5 Å². The zero-order valence-electron chi connectivity index (χ0n) is 19.9. The molecule has 2 heterocycles. The number of amides is 2. The number of alkyl halides is 3. The van der Waals surface area contributed by atoms with Gasteiger partial charge in [-0.3, -0.25) is 9.59 Å². The van der Waals surface area contributed by atoms with E-state index in [1.165, 1.54) is 6.07 Å². The number of hydrogen-bond acceptors (Lipinski definition) is 4. The van der Waals surface area contributed by atoms with Gasteiger partial charge >= 0.3 is 6.18 Å². The van der Waals surface area contributed by atoms with E-state index >= 15 is 0 Å². The van der Waals surface area contributed by atoms with E-state index < -0.39 is 29.0 Å². The lowest BCUT2D eigenvalue weighted by atomic mass is 9.76. The molecule has 2 aromatic carbocycles. The van der Waals surface area contributed by atoms with Crippen molar-refractivity contribution in [3.63, 3.8) is 0 Å².